The molecule has 3 aromatic rings. The van der Waals surface area contributed by atoms with Crippen LogP contribution in [0.15, 0.2) is 84.9 Å². The van der Waals surface area contributed by atoms with Crippen LogP contribution in [0.25, 0.3) is 0 Å². The minimum absolute atomic E-state index is 0.443. The van der Waals surface area contributed by atoms with Gasteiger partial charge in [-0.3, -0.25) is 4.90 Å². The Morgan fingerprint density at radius 2 is 1.44 bits per heavy atom. The first-order valence-corrected chi connectivity index (χ1v) is 9.25. The molecule has 2 atom stereocenters. The predicted octanol–water partition coefficient (Wildman–Crippen LogP) is 5.59. The minimum Gasteiger partial charge on any atom is -0.289 e. The van der Waals surface area contributed by atoms with E-state index in [4.69, 9.17) is 0 Å². The highest BCUT2D eigenvalue weighted by Gasteiger charge is 2.31. The normalized spacial score (nSPS) is 20.2. The summed E-state index contributed by atoms with van der Waals surface area (Å²) in [6.07, 6.45) is 2.19. The van der Waals surface area contributed by atoms with Crippen molar-refractivity contribution in [3.8, 4) is 0 Å². The molecule has 1 heterocycles. The standard InChI is InChI=1S/C24H25N/c1-19-23-15-9-8-14-22(23)18-24(21-12-6-3-7-13-21)25(19)17-16-20-10-4-2-5-11-20/h2-15,19,24H,16-18H2,1H3. The Labute approximate surface area is 150 Å². The SMILES string of the molecule is CC1c2ccccc2CC(c2ccccc2)N1CCc1ccccc1. The van der Waals surface area contributed by atoms with E-state index in [2.05, 4.69) is 96.8 Å². The van der Waals surface area contributed by atoms with Gasteiger partial charge in [0, 0.05) is 18.6 Å². The van der Waals surface area contributed by atoms with E-state index in [0.717, 1.165) is 19.4 Å². The summed E-state index contributed by atoms with van der Waals surface area (Å²) in [5.74, 6) is 0. The molecule has 0 aliphatic carbocycles. The van der Waals surface area contributed by atoms with Crippen molar-refractivity contribution in [3.63, 3.8) is 0 Å². The lowest BCUT2D eigenvalue weighted by Gasteiger charge is -2.42. The molecule has 1 nitrogen and oxygen atoms in total. The highest BCUT2D eigenvalue weighted by Crippen LogP contribution is 2.39. The molecule has 1 heteroatoms. The Morgan fingerprint density at radius 1 is 0.800 bits per heavy atom. The summed E-state index contributed by atoms with van der Waals surface area (Å²) >= 11 is 0. The molecule has 0 saturated heterocycles. The van der Waals surface area contributed by atoms with Gasteiger partial charge in [0.25, 0.3) is 0 Å². The highest BCUT2D eigenvalue weighted by molar-refractivity contribution is 5.36. The highest BCUT2D eigenvalue weighted by atomic mass is 15.2. The van der Waals surface area contributed by atoms with Crippen LogP contribution in [0.2, 0.25) is 0 Å². The summed E-state index contributed by atoms with van der Waals surface area (Å²) in [6, 6.07) is 31.7. The summed E-state index contributed by atoms with van der Waals surface area (Å²) in [4.78, 5) is 2.69. The zero-order valence-electron chi connectivity index (χ0n) is 14.8. The summed E-state index contributed by atoms with van der Waals surface area (Å²) < 4.78 is 0. The molecule has 0 amide bonds. The van der Waals surface area contributed by atoms with Gasteiger partial charge in [-0.1, -0.05) is 84.9 Å². The van der Waals surface area contributed by atoms with E-state index in [0.29, 0.717) is 12.1 Å². The average Bonchev–Trinajstić information content (AvgIpc) is 2.69. The van der Waals surface area contributed by atoms with Crippen LogP contribution in [0.5, 0.6) is 0 Å². The van der Waals surface area contributed by atoms with Crippen LogP contribution in [-0.4, -0.2) is 11.4 Å². The van der Waals surface area contributed by atoms with Crippen molar-refractivity contribution in [2.24, 2.45) is 0 Å². The summed E-state index contributed by atoms with van der Waals surface area (Å²) in [5.41, 5.74) is 5.83. The monoisotopic (exact) mass is 327 g/mol. The van der Waals surface area contributed by atoms with Gasteiger partial charge in [0.2, 0.25) is 0 Å². The van der Waals surface area contributed by atoms with Crippen LogP contribution in [-0.2, 0) is 12.8 Å². The van der Waals surface area contributed by atoms with Crippen molar-refractivity contribution in [1.82, 2.24) is 4.90 Å². The van der Waals surface area contributed by atoms with E-state index in [1.54, 1.807) is 0 Å². The lowest BCUT2D eigenvalue weighted by Crippen LogP contribution is -2.38. The second-order valence-electron chi connectivity index (χ2n) is 6.98. The fourth-order valence-corrected chi connectivity index (χ4v) is 4.14. The van der Waals surface area contributed by atoms with Gasteiger partial charge in [0.1, 0.15) is 0 Å². The number of benzene rings is 3. The lowest BCUT2D eigenvalue weighted by atomic mass is 9.85. The molecule has 0 aromatic heterocycles. The summed E-state index contributed by atoms with van der Waals surface area (Å²) in [6.45, 7) is 3.44. The summed E-state index contributed by atoms with van der Waals surface area (Å²) in [5, 5.41) is 0. The van der Waals surface area contributed by atoms with Crippen LogP contribution >= 0.6 is 0 Å². The molecule has 2 unspecified atom stereocenters. The van der Waals surface area contributed by atoms with Gasteiger partial charge in [-0.2, -0.15) is 0 Å². The van der Waals surface area contributed by atoms with Crippen molar-refractivity contribution in [2.75, 3.05) is 6.54 Å². The maximum absolute atomic E-state index is 2.69. The smallest absolute Gasteiger partial charge is 0.0394 e. The molecule has 0 radical (unpaired) electrons. The first-order chi connectivity index (χ1) is 12.3. The van der Waals surface area contributed by atoms with Crippen LogP contribution < -0.4 is 0 Å². The second-order valence-corrected chi connectivity index (χ2v) is 6.98. The quantitative estimate of drug-likeness (QED) is 0.604. The molecule has 3 aromatic carbocycles. The molecule has 1 aliphatic heterocycles. The maximum atomic E-state index is 2.69. The third kappa shape index (κ3) is 3.38. The Hall–Kier alpha value is -2.38. The van der Waals surface area contributed by atoms with E-state index in [1.807, 2.05) is 0 Å². The minimum atomic E-state index is 0.443. The van der Waals surface area contributed by atoms with E-state index in [1.165, 1.54) is 22.3 Å². The van der Waals surface area contributed by atoms with Crippen LogP contribution in [0.1, 0.15) is 41.3 Å². The molecule has 0 bridgehead atoms. The van der Waals surface area contributed by atoms with Crippen LogP contribution in [0.4, 0.5) is 0 Å². The lowest BCUT2D eigenvalue weighted by molar-refractivity contribution is 0.129. The molecule has 1 aliphatic rings. The molecule has 0 saturated carbocycles. The number of hydrogen-bond donors (Lipinski definition) is 0. The topological polar surface area (TPSA) is 3.24 Å². The first kappa shape index (κ1) is 16.1. The van der Waals surface area contributed by atoms with Crippen LogP contribution in [0, 0.1) is 0 Å². The van der Waals surface area contributed by atoms with Crippen molar-refractivity contribution < 1.29 is 0 Å². The predicted molar refractivity (Wildman–Crippen MR) is 105 cm³/mol. The van der Waals surface area contributed by atoms with Crippen molar-refractivity contribution in [1.29, 1.82) is 0 Å². The first-order valence-electron chi connectivity index (χ1n) is 9.25. The third-order valence-corrected chi connectivity index (χ3v) is 5.50. The van der Waals surface area contributed by atoms with Crippen molar-refractivity contribution >= 4 is 0 Å². The van der Waals surface area contributed by atoms with Gasteiger partial charge >= 0.3 is 0 Å². The molecule has 126 valence electrons. The number of nitrogens with zero attached hydrogens (tertiary/aromatic N) is 1. The third-order valence-electron chi connectivity index (χ3n) is 5.50. The average molecular weight is 327 g/mol. The van der Waals surface area contributed by atoms with Crippen molar-refractivity contribution in [3.05, 3.63) is 107 Å². The van der Waals surface area contributed by atoms with Gasteiger partial charge in [-0.25, -0.2) is 0 Å². The molecule has 25 heavy (non-hydrogen) atoms. The molecule has 0 spiro atoms. The molecular weight excluding hydrogens is 302 g/mol. The largest absolute Gasteiger partial charge is 0.289 e. The number of hydrogen-bond acceptors (Lipinski definition) is 1. The Bertz CT molecular complexity index is 810. The zero-order chi connectivity index (χ0) is 17.1. The molecular formula is C24H25N. The summed E-state index contributed by atoms with van der Waals surface area (Å²) in [7, 11) is 0. The maximum Gasteiger partial charge on any atom is 0.0394 e. The van der Waals surface area contributed by atoms with Gasteiger partial charge < -0.3 is 0 Å². The number of fused-ring (bicyclic) bond motifs is 1. The Balaban J connectivity index is 1.65. The Kier molecular flexibility index (Phi) is 4.67. The fraction of sp³-hybridized carbons (Fsp3) is 0.250. The fourth-order valence-electron chi connectivity index (χ4n) is 4.14. The number of rotatable bonds is 4. The van der Waals surface area contributed by atoms with Gasteiger partial charge in [0.15, 0.2) is 0 Å². The van der Waals surface area contributed by atoms with E-state index in [9.17, 15) is 0 Å². The zero-order valence-corrected chi connectivity index (χ0v) is 14.8. The van der Waals surface area contributed by atoms with Gasteiger partial charge in [0.05, 0.1) is 0 Å². The van der Waals surface area contributed by atoms with Crippen LogP contribution in [0.3, 0.4) is 0 Å². The molecule has 4 rings (SSSR count). The van der Waals surface area contributed by atoms with E-state index >= 15 is 0 Å². The molecule has 0 N–H and O–H groups in total. The van der Waals surface area contributed by atoms with Crippen molar-refractivity contribution in [2.45, 2.75) is 31.8 Å². The second kappa shape index (κ2) is 7.25. The Morgan fingerprint density at radius 3 is 2.20 bits per heavy atom. The van der Waals surface area contributed by atoms with Gasteiger partial charge in [-0.15, -0.1) is 0 Å². The molecule has 0 fully saturated rings. The van der Waals surface area contributed by atoms with Gasteiger partial charge in [-0.05, 0) is 42.0 Å². The van der Waals surface area contributed by atoms with E-state index in [-0.39, 0.29) is 0 Å². The van der Waals surface area contributed by atoms with E-state index < -0.39 is 0 Å².